The molecular formula is C13H17BrN2O5S. The van der Waals surface area contributed by atoms with Crippen molar-refractivity contribution in [2.75, 3.05) is 26.8 Å². The van der Waals surface area contributed by atoms with Crippen LogP contribution < -0.4 is 5.32 Å². The summed E-state index contributed by atoms with van der Waals surface area (Å²) < 4.78 is 5.67. The van der Waals surface area contributed by atoms with Gasteiger partial charge in [-0.25, -0.2) is 0 Å². The highest BCUT2D eigenvalue weighted by Gasteiger charge is 2.24. The molecule has 0 fully saturated rings. The number of hydrogen-bond acceptors (Lipinski definition) is 5. The lowest BCUT2D eigenvalue weighted by Crippen LogP contribution is -2.49. The summed E-state index contributed by atoms with van der Waals surface area (Å²) in [4.78, 5) is 36.7. The van der Waals surface area contributed by atoms with Crippen LogP contribution in [0, 0.1) is 0 Å². The molecule has 0 aliphatic rings. The van der Waals surface area contributed by atoms with Crippen molar-refractivity contribution < 1.29 is 24.2 Å². The van der Waals surface area contributed by atoms with Gasteiger partial charge in [0.25, 0.3) is 5.91 Å². The molecule has 0 bridgehead atoms. The van der Waals surface area contributed by atoms with Gasteiger partial charge in [-0.3, -0.25) is 14.4 Å². The van der Waals surface area contributed by atoms with Crippen molar-refractivity contribution in [3.63, 3.8) is 0 Å². The lowest BCUT2D eigenvalue weighted by Gasteiger charge is -2.24. The molecular weight excluding hydrogens is 376 g/mol. The minimum Gasteiger partial charge on any atom is -0.480 e. The Kier molecular flexibility index (Phi) is 7.49. The first-order valence-electron chi connectivity index (χ1n) is 6.41. The Morgan fingerprint density at radius 3 is 2.64 bits per heavy atom. The van der Waals surface area contributed by atoms with Gasteiger partial charge in [0.1, 0.15) is 12.6 Å². The topological polar surface area (TPSA) is 95.9 Å². The maximum absolute atomic E-state index is 12.2. The summed E-state index contributed by atoms with van der Waals surface area (Å²) >= 11 is 4.51. The molecule has 7 nitrogen and oxygen atoms in total. The highest BCUT2D eigenvalue weighted by Crippen LogP contribution is 2.21. The standard InChI is InChI=1S/C13H17BrN2O5S/c1-8(15-12(19)9-3-4-10(14)22-9)13(20)16(5-6-21-2)7-11(17)18/h3-4,8H,5-7H2,1-2H3,(H,15,19)(H,17,18). The van der Waals surface area contributed by atoms with Crippen LogP contribution in [0.5, 0.6) is 0 Å². The van der Waals surface area contributed by atoms with Crippen LogP contribution in [0.4, 0.5) is 0 Å². The fraction of sp³-hybridized carbons (Fsp3) is 0.462. The molecule has 0 saturated heterocycles. The number of rotatable bonds is 8. The van der Waals surface area contributed by atoms with Crippen molar-refractivity contribution in [1.82, 2.24) is 10.2 Å². The van der Waals surface area contributed by atoms with Gasteiger partial charge in [-0.15, -0.1) is 11.3 Å². The summed E-state index contributed by atoms with van der Waals surface area (Å²) in [7, 11) is 1.46. The van der Waals surface area contributed by atoms with Gasteiger partial charge in [-0.05, 0) is 35.0 Å². The molecule has 9 heteroatoms. The van der Waals surface area contributed by atoms with Gasteiger partial charge in [0.05, 0.1) is 15.3 Å². The van der Waals surface area contributed by atoms with E-state index in [9.17, 15) is 14.4 Å². The molecule has 2 N–H and O–H groups in total. The average Bonchev–Trinajstić information content (AvgIpc) is 2.88. The van der Waals surface area contributed by atoms with Crippen LogP contribution in [-0.4, -0.2) is 60.6 Å². The molecule has 1 atom stereocenters. The van der Waals surface area contributed by atoms with Crippen LogP contribution in [0.25, 0.3) is 0 Å². The number of amides is 2. The van der Waals surface area contributed by atoms with E-state index < -0.39 is 24.5 Å². The quantitative estimate of drug-likeness (QED) is 0.692. The lowest BCUT2D eigenvalue weighted by atomic mass is 10.2. The molecule has 0 saturated carbocycles. The number of aliphatic carboxylic acids is 1. The van der Waals surface area contributed by atoms with E-state index in [-0.39, 0.29) is 19.1 Å². The van der Waals surface area contributed by atoms with Gasteiger partial charge in [0, 0.05) is 13.7 Å². The molecule has 0 aromatic carbocycles. The number of ether oxygens (including phenoxy) is 1. The highest BCUT2D eigenvalue weighted by molar-refractivity contribution is 9.11. The average molecular weight is 393 g/mol. The number of carboxylic acids is 1. The van der Waals surface area contributed by atoms with Crippen molar-refractivity contribution in [2.45, 2.75) is 13.0 Å². The van der Waals surface area contributed by atoms with Crippen LogP contribution in [0.2, 0.25) is 0 Å². The van der Waals surface area contributed by atoms with Crippen molar-refractivity contribution in [3.8, 4) is 0 Å². The maximum atomic E-state index is 12.2. The molecule has 1 heterocycles. The van der Waals surface area contributed by atoms with E-state index in [2.05, 4.69) is 21.2 Å². The number of nitrogens with zero attached hydrogens (tertiary/aromatic N) is 1. The van der Waals surface area contributed by atoms with E-state index in [0.717, 1.165) is 8.69 Å². The van der Waals surface area contributed by atoms with Crippen molar-refractivity contribution >= 4 is 45.1 Å². The van der Waals surface area contributed by atoms with Gasteiger partial charge in [0.2, 0.25) is 5.91 Å². The normalized spacial score (nSPS) is 11.8. The van der Waals surface area contributed by atoms with Gasteiger partial charge in [-0.2, -0.15) is 0 Å². The number of carbonyl (C=O) groups excluding carboxylic acids is 2. The smallest absolute Gasteiger partial charge is 0.323 e. The number of carboxylic acid groups (broad SMARTS) is 1. The van der Waals surface area contributed by atoms with E-state index in [0.29, 0.717) is 4.88 Å². The second-order valence-corrected chi connectivity index (χ2v) is 6.91. The molecule has 0 radical (unpaired) electrons. The van der Waals surface area contributed by atoms with Crippen molar-refractivity contribution in [3.05, 3.63) is 20.8 Å². The molecule has 1 rings (SSSR count). The summed E-state index contributed by atoms with van der Waals surface area (Å²) in [5, 5.41) is 11.4. The molecule has 1 unspecified atom stereocenters. The van der Waals surface area contributed by atoms with Crippen LogP contribution in [0.1, 0.15) is 16.6 Å². The molecule has 0 aliphatic heterocycles. The van der Waals surface area contributed by atoms with Gasteiger partial charge >= 0.3 is 5.97 Å². The second-order valence-electron chi connectivity index (χ2n) is 4.45. The minimum absolute atomic E-state index is 0.145. The first kappa shape index (κ1) is 18.6. The second kappa shape index (κ2) is 8.86. The van der Waals surface area contributed by atoms with Crippen LogP contribution in [0.15, 0.2) is 15.9 Å². The number of thiophene rings is 1. The summed E-state index contributed by atoms with van der Waals surface area (Å²) in [5.41, 5.74) is 0. The zero-order valence-electron chi connectivity index (χ0n) is 12.2. The van der Waals surface area contributed by atoms with Gasteiger partial charge in [0.15, 0.2) is 0 Å². The summed E-state index contributed by atoms with van der Waals surface area (Å²) in [5.74, 6) is -1.97. The fourth-order valence-electron chi connectivity index (χ4n) is 1.67. The number of nitrogens with one attached hydrogen (secondary N) is 1. The molecule has 22 heavy (non-hydrogen) atoms. The Hall–Kier alpha value is -1.45. The van der Waals surface area contributed by atoms with E-state index in [1.54, 1.807) is 12.1 Å². The summed E-state index contributed by atoms with van der Waals surface area (Å²) in [6, 6.07) is 2.55. The minimum atomic E-state index is -1.12. The number of methoxy groups -OCH3 is 1. The largest absolute Gasteiger partial charge is 0.480 e. The zero-order chi connectivity index (χ0) is 16.7. The first-order valence-corrected chi connectivity index (χ1v) is 8.01. The SMILES string of the molecule is COCCN(CC(=O)O)C(=O)C(C)NC(=O)c1ccc(Br)s1. The van der Waals surface area contributed by atoms with Gasteiger partial charge in [-0.1, -0.05) is 0 Å². The molecule has 2 amide bonds. The third-order valence-corrected chi connectivity index (χ3v) is 4.34. The monoisotopic (exact) mass is 392 g/mol. The number of carbonyl (C=O) groups is 3. The molecule has 1 aromatic rings. The summed E-state index contributed by atoms with van der Waals surface area (Å²) in [6.07, 6.45) is 0. The Balaban J connectivity index is 2.67. The maximum Gasteiger partial charge on any atom is 0.323 e. The predicted molar refractivity (Wildman–Crippen MR) is 85.0 cm³/mol. The van der Waals surface area contributed by atoms with Crippen molar-refractivity contribution in [2.24, 2.45) is 0 Å². The molecule has 1 aromatic heterocycles. The van der Waals surface area contributed by atoms with Gasteiger partial charge < -0.3 is 20.1 Å². The molecule has 122 valence electrons. The van der Waals surface area contributed by atoms with Crippen molar-refractivity contribution in [1.29, 1.82) is 0 Å². The number of halogens is 1. The Morgan fingerprint density at radius 2 is 2.14 bits per heavy atom. The Labute approximate surface area is 140 Å². The predicted octanol–water partition coefficient (Wildman–Crippen LogP) is 1.19. The van der Waals surface area contributed by atoms with E-state index in [4.69, 9.17) is 9.84 Å². The van der Waals surface area contributed by atoms with E-state index >= 15 is 0 Å². The fourth-order valence-corrected chi connectivity index (χ4v) is 2.96. The third-order valence-electron chi connectivity index (χ3n) is 2.72. The molecule has 0 spiro atoms. The third kappa shape index (κ3) is 5.74. The molecule has 0 aliphatic carbocycles. The summed E-state index contributed by atoms with van der Waals surface area (Å²) in [6.45, 7) is 1.45. The lowest BCUT2D eigenvalue weighted by molar-refractivity contribution is -0.145. The van der Waals surface area contributed by atoms with E-state index in [1.165, 1.54) is 25.4 Å². The first-order chi connectivity index (χ1) is 10.3. The van der Waals surface area contributed by atoms with Crippen LogP contribution >= 0.6 is 27.3 Å². The Morgan fingerprint density at radius 1 is 1.45 bits per heavy atom. The van der Waals surface area contributed by atoms with Crippen LogP contribution in [0.3, 0.4) is 0 Å². The van der Waals surface area contributed by atoms with Crippen LogP contribution in [-0.2, 0) is 14.3 Å². The highest BCUT2D eigenvalue weighted by atomic mass is 79.9. The zero-order valence-corrected chi connectivity index (χ0v) is 14.6. The van der Waals surface area contributed by atoms with E-state index in [1.807, 2.05) is 0 Å². The number of hydrogen-bond donors (Lipinski definition) is 2. The Bertz CT molecular complexity index is 548.